The third kappa shape index (κ3) is 5.37. The van der Waals surface area contributed by atoms with Gasteiger partial charge in [-0.2, -0.15) is 9.97 Å². The van der Waals surface area contributed by atoms with E-state index < -0.39 is 52.2 Å². The summed E-state index contributed by atoms with van der Waals surface area (Å²) in [4.78, 5) is 41.0. The SMILES string of the molecule is C[C@]12CC3CC(Nc4nc(Cl)nc5c4ncn5[C@@H]4O[C@H](COP(=O)(O)CP(=O)(O)O)[C@H](O)[C@@H]4O)(C1)C[C@@](C)(C3)C2. The molecule has 4 saturated carbocycles. The van der Waals surface area contributed by atoms with Gasteiger partial charge < -0.3 is 39.5 Å². The fraction of sp³-hybridized carbons (Fsp3) is 0.783. The maximum Gasteiger partial charge on any atom is 0.340 e. The number of rotatable bonds is 8. The van der Waals surface area contributed by atoms with E-state index in [0.29, 0.717) is 17.3 Å². The normalized spacial score (nSPS) is 40.5. The molecule has 4 bridgehead atoms. The number of aromatic nitrogens is 4. The Kier molecular flexibility index (Phi) is 6.80. The van der Waals surface area contributed by atoms with Crippen LogP contribution in [0, 0.1) is 16.7 Å². The largest absolute Gasteiger partial charge is 0.387 e. The van der Waals surface area contributed by atoms with E-state index in [1.807, 2.05) is 0 Å². The Bertz CT molecular complexity index is 1420. The first-order valence-corrected chi connectivity index (χ1v) is 17.1. The number of aliphatic hydroxyl groups is 2. The quantitative estimate of drug-likeness (QED) is 0.185. The summed E-state index contributed by atoms with van der Waals surface area (Å²) in [6, 6.07) is 0. The number of hydrogen-bond acceptors (Lipinski definition) is 10. The lowest BCUT2D eigenvalue weighted by molar-refractivity contribution is -0.0973. The highest BCUT2D eigenvalue weighted by Gasteiger charge is 2.60. The van der Waals surface area contributed by atoms with Crippen LogP contribution in [0.4, 0.5) is 5.82 Å². The average molecular weight is 622 g/mol. The number of anilines is 1. The highest BCUT2D eigenvalue weighted by Crippen LogP contribution is 2.67. The number of fused-ring (bicyclic) bond motifs is 1. The van der Waals surface area contributed by atoms with Gasteiger partial charge in [0.2, 0.25) is 5.28 Å². The first-order chi connectivity index (χ1) is 18.5. The van der Waals surface area contributed by atoms with E-state index in [-0.39, 0.29) is 27.3 Å². The van der Waals surface area contributed by atoms with Gasteiger partial charge >= 0.3 is 15.2 Å². The summed E-state index contributed by atoms with van der Waals surface area (Å²) in [5, 5.41) is 25.0. The van der Waals surface area contributed by atoms with Gasteiger partial charge in [0.15, 0.2) is 29.1 Å². The van der Waals surface area contributed by atoms with Crippen LogP contribution in [0.25, 0.3) is 11.2 Å². The molecule has 3 unspecified atom stereocenters. The molecule has 7 rings (SSSR count). The molecule has 14 nitrogen and oxygen atoms in total. The van der Waals surface area contributed by atoms with Crippen molar-refractivity contribution in [3.8, 4) is 0 Å². The lowest BCUT2D eigenvalue weighted by atomic mass is 9.43. The van der Waals surface area contributed by atoms with Crippen LogP contribution >= 0.6 is 26.8 Å². The molecule has 17 heteroatoms. The summed E-state index contributed by atoms with van der Waals surface area (Å²) in [5.41, 5.74) is 1.05. The Morgan fingerprint density at radius 1 is 1.10 bits per heavy atom. The number of hydrogen-bond donors (Lipinski definition) is 6. The molecule has 5 aliphatic rings. The monoisotopic (exact) mass is 621 g/mol. The predicted octanol–water partition coefficient (Wildman–Crippen LogP) is 2.60. The molecular weight excluding hydrogens is 588 g/mol. The maximum absolute atomic E-state index is 12.0. The predicted molar refractivity (Wildman–Crippen MR) is 143 cm³/mol. The van der Waals surface area contributed by atoms with Crippen molar-refractivity contribution in [1.29, 1.82) is 0 Å². The highest BCUT2D eigenvalue weighted by atomic mass is 35.5. The lowest BCUT2D eigenvalue weighted by Gasteiger charge is -2.65. The lowest BCUT2D eigenvalue weighted by Crippen LogP contribution is -2.61. The van der Waals surface area contributed by atoms with Crippen molar-refractivity contribution in [2.45, 2.75) is 82.5 Å². The van der Waals surface area contributed by atoms with Gasteiger partial charge in [-0.05, 0) is 66.9 Å². The molecule has 5 fully saturated rings. The van der Waals surface area contributed by atoms with Crippen LogP contribution in [-0.4, -0.2) is 80.8 Å². The molecule has 2 aromatic rings. The fourth-order valence-electron chi connectivity index (χ4n) is 8.56. The second kappa shape index (κ2) is 9.41. The minimum absolute atomic E-state index is 0.0366. The van der Waals surface area contributed by atoms with E-state index in [1.165, 1.54) is 30.2 Å². The van der Waals surface area contributed by atoms with Crippen LogP contribution in [0.1, 0.15) is 58.6 Å². The third-order valence-corrected chi connectivity index (χ3v) is 12.4. The van der Waals surface area contributed by atoms with Gasteiger partial charge in [0, 0.05) is 5.54 Å². The van der Waals surface area contributed by atoms with Crippen molar-refractivity contribution >= 4 is 43.8 Å². The van der Waals surface area contributed by atoms with E-state index in [2.05, 4.69) is 34.1 Å². The molecule has 222 valence electrons. The molecule has 4 aliphatic carbocycles. The van der Waals surface area contributed by atoms with Crippen molar-refractivity contribution in [3.05, 3.63) is 11.6 Å². The van der Waals surface area contributed by atoms with E-state index >= 15 is 0 Å². The van der Waals surface area contributed by atoms with Gasteiger partial charge in [0.1, 0.15) is 18.3 Å². The number of ether oxygens (including phenoxy) is 1. The topological polar surface area (TPSA) is 209 Å². The van der Waals surface area contributed by atoms with Crippen molar-refractivity contribution < 1.29 is 43.3 Å². The Hall–Kier alpha value is -1.18. The second-order valence-corrected chi connectivity index (χ2v) is 17.3. The van der Waals surface area contributed by atoms with E-state index in [9.17, 15) is 24.2 Å². The summed E-state index contributed by atoms with van der Waals surface area (Å²) < 4.78 is 35.1. The number of nitrogens with zero attached hydrogens (tertiary/aromatic N) is 4. The number of halogens is 1. The summed E-state index contributed by atoms with van der Waals surface area (Å²) in [7, 11) is -9.51. The molecule has 40 heavy (non-hydrogen) atoms. The van der Waals surface area contributed by atoms with Crippen LogP contribution in [0.5, 0.6) is 0 Å². The first-order valence-electron chi connectivity index (χ1n) is 13.2. The Labute approximate surface area is 235 Å². The summed E-state index contributed by atoms with van der Waals surface area (Å²) in [6.07, 6.45) is 2.61. The Balaban J connectivity index is 1.25. The minimum Gasteiger partial charge on any atom is -0.387 e. The highest BCUT2D eigenvalue weighted by molar-refractivity contribution is 7.70. The molecule has 1 aliphatic heterocycles. The molecule has 3 heterocycles. The molecule has 2 aromatic heterocycles. The van der Waals surface area contributed by atoms with Gasteiger partial charge in [-0.1, -0.05) is 13.8 Å². The first kappa shape index (κ1) is 28.9. The smallest absolute Gasteiger partial charge is 0.340 e. The molecule has 1 saturated heterocycles. The molecule has 6 N–H and O–H groups in total. The van der Waals surface area contributed by atoms with Crippen molar-refractivity contribution in [3.63, 3.8) is 0 Å². The average Bonchev–Trinajstić information content (AvgIpc) is 3.29. The van der Waals surface area contributed by atoms with Crippen LogP contribution in [0.2, 0.25) is 5.28 Å². The van der Waals surface area contributed by atoms with Gasteiger partial charge in [-0.25, -0.2) is 4.98 Å². The molecule has 0 amide bonds. The molecule has 0 spiro atoms. The van der Waals surface area contributed by atoms with Crippen LogP contribution in [0.3, 0.4) is 0 Å². The molecule has 9 atom stereocenters. The Morgan fingerprint density at radius 3 is 2.40 bits per heavy atom. The van der Waals surface area contributed by atoms with Crippen molar-refractivity contribution in [2.75, 3.05) is 17.8 Å². The van der Waals surface area contributed by atoms with Crippen LogP contribution in [0.15, 0.2) is 6.33 Å². The molecule has 0 aromatic carbocycles. The third-order valence-electron chi connectivity index (χ3n) is 8.82. The summed E-state index contributed by atoms with van der Waals surface area (Å²) in [5.74, 6) is -0.260. The van der Waals surface area contributed by atoms with Gasteiger partial charge in [0.05, 0.1) is 12.9 Å². The zero-order valence-electron chi connectivity index (χ0n) is 22.1. The fourth-order valence-corrected chi connectivity index (χ4v) is 11.3. The zero-order valence-corrected chi connectivity index (χ0v) is 24.6. The maximum atomic E-state index is 12.0. The van der Waals surface area contributed by atoms with E-state index in [1.54, 1.807) is 0 Å². The standard InChI is InChI=1S/C23H34ClN5O9P2/c1-21-3-12-4-22(2,7-21)9-23(5-12,8-21)28-17-14-18(27-20(24)26-17)29(10-25-14)19-16(31)15(30)13(38-19)6-37-40(35,36)11-39(32,33)34/h10,12-13,15-16,19,30-31H,3-9,11H2,1-2H3,(H,35,36)(H,26,27,28)(H2,32,33,34)/t12?,13-,15+,16+,19-,21-,22+,23?/m1/s1. The Morgan fingerprint density at radius 2 is 1.77 bits per heavy atom. The van der Waals surface area contributed by atoms with Crippen molar-refractivity contribution in [1.82, 2.24) is 19.5 Å². The number of imidazole rings is 1. The molecule has 0 radical (unpaired) electrons. The number of aliphatic hydroxyl groups excluding tert-OH is 2. The van der Waals surface area contributed by atoms with Gasteiger partial charge in [-0.3, -0.25) is 13.7 Å². The minimum atomic E-state index is -4.83. The summed E-state index contributed by atoms with van der Waals surface area (Å²) >= 11 is 6.35. The van der Waals surface area contributed by atoms with Gasteiger partial charge in [-0.15, -0.1) is 0 Å². The summed E-state index contributed by atoms with van der Waals surface area (Å²) in [6.45, 7) is 4.05. The van der Waals surface area contributed by atoms with E-state index in [0.717, 1.165) is 19.3 Å². The second-order valence-electron chi connectivity index (χ2n) is 13.0. The number of nitrogens with one attached hydrogen (secondary N) is 1. The van der Waals surface area contributed by atoms with Crippen LogP contribution in [-0.2, 0) is 18.4 Å². The zero-order chi connectivity index (χ0) is 28.9. The molecular formula is C23H34ClN5O9P2. The van der Waals surface area contributed by atoms with Crippen molar-refractivity contribution in [2.24, 2.45) is 16.7 Å². The van der Waals surface area contributed by atoms with Gasteiger partial charge in [0.25, 0.3) is 0 Å². The van der Waals surface area contributed by atoms with Crippen LogP contribution < -0.4 is 5.32 Å². The van der Waals surface area contributed by atoms with E-state index in [4.69, 9.17) is 30.6 Å².